The largest absolute Gasteiger partial charge is 0.454 e. The van der Waals surface area contributed by atoms with Gasteiger partial charge in [0.25, 0.3) is 5.91 Å². The van der Waals surface area contributed by atoms with Crippen molar-refractivity contribution < 1.29 is 14.3 Å². The number of likely N-dealkylation sites (tertiary alicyclic amines) is 1. The lowest BCUT2D eigenvalue weighted by Gasteiger charge is -2.54. The highest BCUT2D eigenvalue weighted by atomic mass is 16.7. The fraction of sp³-hybridized carbons (Fsp3) is 0.524. The molecule has 0 aromatic heterocycles. The second-order valence-corrected chi connectivity index (χ2v) is 8.69. The number of nitrogens with zero attached hydrogens (tertiary/aromatic N) is 2. The van der Waals surface area contributed by atoms with Crippen LogP contribution in [0, 0.1) is 11.3 Å². The average molecular weight is 384 g/mol. The van der Waals surface area contributed by atoms with Gasteiger partial charge in [-0.3, -0.25) is 4.79 Å². The molecule has 3 rings (SSSR count). The van der Waals surface area contributed by atoms with Gasteiger partial charge in [-0.15, -0.1) is 0 Å². The third-order valence-electron chi connectivity index (χ3n) is 5.34. The minimum absolute atomic E-state index is 0.0809. The first-order valence-corrected chi connectivity index (χ1v) is 9.46. The van der Waals surface area contributed by atoms with Crippen LogP contribution in [0.1, 0.15) is 46.1 Å². The van der Waals surface area contributed by atoms with Crippen LogP contribution in [-0.4, -0.2) is 34.7 Å². The van der Waals surface area contributed by atoms with Crippen molar-refractivity contribution in [2.24, 2.45) is 5.73 Å². The summed E-state index contributed by atoms with van der Waals surface area (Å²) in [5.41, 5.74) is 6.67. The molecule has 2 heterocycles. The van der Waals surface area contributed by atoms with Gasteiger partial charge in [-0.1, -0.05) is 6.07 Å². The minimum Gasteiger partial charge on any atom is -0.454 e. The maximum absolute atomic E-state index is 12.6. The lowest BCUT2D eigenvalue weighted by Crippen LogP contribution is -2.61. The first-order chi connectivity index (χ1) is 13.1. The Morgan fingerprint density at radius 1 is 1.29 bits per heavy atom. The van der Waals surface area contributed by atoms with E-state index < -0.39 is 5.91 Å². The second kappa shape index (κ2) is 7.36. The summed E-state index contributed by atoms with van der Waals surface area (Å²) in [6, 6.07) is 7.65. The molecule has 28 heavy (non-hydrogen) atoms. The normalized spacial score (nSPS) is 20.6. The lowest BCUT2D eigenvalue weighted by atomic mass is 9.77. The van der Waals surface area contributed by atoms with Gasteiger partial charge in [0.05, 0.1) is 0 Å². The fourth-order valence-corrected chi connectivity index (χ4v) is 4.32. The third kappa shape index (κ3) is 4.07. The molecule has 0 unspecified atom stereocenters. The SMILES string of the molecule is CC1(C)CC(N)CC(C)(C)N1/C=C(/C#N)C(=O)NCc1ccc2c(c1)OCO2. The predicted octanol–water partition coefficient (Wildman–Crippen LogP) is 2.42. The Kier molecular flexibility index (Phi) is 5.26. The molecule has 2 aliphatic rings. The van der Waals surface area contributed by atoms with Gasteiger partial charge in [-0.25, -0.2) is 0 Å². The molecular weight excluding hydrogens is 356 g/mol. The number of hydrogen-bond donors (Lipinski definition) is 2. The molecule has 2 aliphatic heterocycles. The summed E-state index contributed by atoms with van der Waals surface area (Å²) < 4.78 is 10.6. The fourth-order valence-electron chi connectivity index (χ4n) is 4.32. The van der Waals surface area contributed by atoms with Crippen molar-refractivity contribution in [2.45, 2.75) is 64.2 Å². The summed E-state index contributed by atoms with van der Waals surface area (Å²) >= 11 is 0. The van der Waals surface area contributed by atoms with Gasteiger partial charge in [-0.05, 0) is 58.2 Å². The monoisotopic (exact) mass is 384 g/mol. The van der Waals surface area contributed by atoms with Crippen LogP contribution >= 0.6 is 0 Å². The Morgan fingerprint density at radius 3 is 2.57 bits per heavy atom. The van der Waals surface area contributed by atoms with Crippen LogP contribution in [0.2, 0.25) is 0 Å². The molecule has 0 atom stereocenters. The zero-order valence-corrected chi connectivity index (χ0v) is 16.9. The predicted molar refractivity (Wildman–Crippen MR) is 105 cm³/mol. The third-order valence-corrected chi connectivity index (χ3v) is 5.34. The number of hydrogen-bond acceptors (Lipinski definition) is 6. The molecule has 0 spiro atoms. The molecule has 1 saturated heterocycles. The molecule has 0 aliphatic carbocycles. The maximum atomic E-state index is 12.6. The van der Waals surface area contributed by atoms with Gasteiger partial charge in [0.15, 0.2) is 11.5 Å². The van der Waals surface area contributed by atoms with Crippen LogP contribution in [0.5, 0.6) is 11.5 Å². The zero-order valence-electron chi connectivity index (χ0n) is 16.9. The number of nitriles is 1. The van der Waals surface area contributed by atoms with Crippen molar-refractivity contribution in [3.8, 4) is 17.6 Å². The molecule has 0 saturated carbocycles. The van der Waals surface area contributed by atoms with Crippen molar-refractivity contribution >= 4 is 5.91 Å². The number of nitrogens with one attached hydrogen (secondary N) is 1. The van der Waals surface area contributed by atoms with Gasteiger partial charge < -0.3 is 25.4 Å². The summed E-state index contributed by atoms with van der Waals surface area (Å²) in [6.07, 6.45) is 3.27. The summed E-state index contributed by atoms with van der Waals surface area (Å²) in [5.74, 6) is 0.957. The lowest BCUT2D eigenvalue weighted by molar-refractivity contribution is -0.117. The van der Waals surface area contributed by atoms with Crippen LogP contribution in [0.4, 0.5) is 0 Å². The first-order valence-electron chi connectivity index (χ1n) is 9.46. The van der Waals surface area contributed by atoms with E-state index in [1.54, 1.807) is 6.20 Å². The smallest absolute Gasteiger partial charge is 0.263 e. The van der Waals surface area contributed by atoms with Crippen LogP contribution in [0.25, 0.3) is 0 Å². The van der Waals surface area contributed by atoms with E-state index in [0.717, 1.165) is 18.4 Å². The average Bonchev–Trinajstić information content (AvgIpc) is 3.05. The number of amides is 1. The molecule has 1 amide bonds. The second-order valence-electron chi connectivity index (χ2n) is 8.69. The highest BCUT2D eigenvalue weighted by Gasteiger charge is 2.43. The first kappa shape index (κ1) is 20.0. The van der Waals surface area contributed by atoms with E-state index in [1.165, 1.54) is 0 Å². The van der Waals surface area contributed by atoms with Gasteiger partial charge in [0.1, 0.15) is 11.6 Å². The number of fused-ring (bicyclic) bond motifs is 1. The van der Waals surface area contributed by atoms with E-state index in [1.807, 2.05) is 24.3 Å². The van der Waals surface area contributed by atoms with Gasteiger partial charge in [0, 0.05) is 29.9 Å². The van der Waals surface area contributed by atoms with Crippen LogP contribution in [0.3, 0.4) is 0 Å². The van der Waals surface area contributed by atoms with Crippen molar-refractivity contribution in [1.82, 2.24) is 10.2 Å². The molecule has 1 aromatic carbocycles. The van der Waals surface area contributed by atoms with E-state index in [4.69, 9.17) is 15.2 Å². The topological polar surface area (TPSA) is 101 Å². The molecule has 3 N–H and O–H groups in total. The Labute approximate surface area is 166 Å². The Hall–Kier alpha value is -2.72. The molecule has 0 bridgehead atoms. The molecule has 1 fully saturated rings. The summed E-state index contributed by atoms with van der Waals surface area (Å²) in [7, 11) is 0. The standard InChI is InChI=1S/C21H28N4O3/c1-20(2)8-16(23)9-21(3,4)25(20)12-15(10-22)19(26)24-11-14-5-6-17-18(7-14)28-13-27-17/h5-7,12,16H,8-9,11,13,23H2,1-4H3,(H,24,26)/b15-12-. The van der Waals surface area contributed by atoms with Gasteiger partial charge in [0.2, 0.25) is 6.79 Å². The van der Waals surface area contributed by atoms with E-state index in [2.05, 4.69) is 37.9 Å². The zero-order chi connectivity index (χ0) is 20.5. The van der Waals surface area contributed by atoms with Crippen molar-refractivity contribution in [1.29, 1.82) is 5.26 Å². The summed E-state index contributed by atoms with van der Waals surface area (Å²) in [4.78, 5) is 14.7. The minimum atomic E-state index is -0.401. The van der Waals surface area contributed by atoms with E-state index in [9.17, 15) is 10.1 Å². The number of nitrogens with two attached hydrogens (primary N) is 1. The number of carbonyl (C=O) groups excluding carboxylic acids is 1. The number of piperidine rings is 1. The number of ether oxygens (including phenoxy) is 2. The quantitative estimate of drug-likeness (QED) is 0.611. The maximum Gasteiger partial charge on any atom is 0.263 e. The van der Waals surface area contributed by atoms with E-state index in [-0.39, 0.29) is 29.5 Å². The van der Waals surface area contributed by atoms with Crippen molar-refractivity contribution in [2.75, 3.05) is 6.79 Å². The van der Waals surface area contributed by atoms with Crippen LogP contribution < -0.4 is 20.5 Å². The number of rotatable bonds is 4. The highest BCUT2D eigenvalue weighted by Crippen LogP contribution is 2.38. The molecule has 7 heteroatoms. The Balaban J connectivity index is 1.73. The Bertz CT molecular complexity index is 821. The van der Waals surface area contributed by atoms with Crippen LogP contribution in [0.15, 0.2) is 30.0 Å². The molecule has 1 aromatic rings. The van der Waals surface area contributed by atoms with Gasteiger partial charge >= 0.3 is 0 Å². The van der Waals surface area contributed by atoms with Gasteiger partial charge in [-0.2, -0.15) is 5.26 Å². The van der Waals surface area contributed by atoms with Crippen molar-refractivity contribution in [3.63, 3.8) is 0 Å². The summed E-state index contributed by atoms with van der Waals surface area (Å²) in [5, 5.41) is 12.4. The number of carbonyl (C=O) groups is 1. The molecule has 150 valence electrons. The van der Waals surface area contributed by atoms with Crippen LogP contribution in [-0.2, 0) is 11.3 Å². The van der Waals surface area contributed by atoms with E-state index in [0.29, 0.717) is 18.0 Å². The molecule has 7 nitrogen and oxygen atoms in total. The molecule has 0 radical (unpaired) electrons. The Morgan fingerprint density at radius 2 is 1.93 bits per heavy atom. The van der Waals surface area contributed by atoms with E-state index >= 15 is 0 Å². The number of benzene rings is 1. The van der Waals surface area contributed by atoms with Crippen molar-refractivity contribution in [3.05, 3.63) is 35.5 Å². The summed E-state index contributed by atoms with van der Waals surface area (Å²) in [6.45, 7) is 8.85. The molecular formula is C21H28N4O3. The highest BCUT2D eigenvalue weighted by molar-refractivity contribution is 5.97.